The van der Waals surface area contributed by atoms with Crippen LogP contribution in [0.4, 0.5) is 0 Å². The van der Waals surface area contributed by atoms with Crippen LogP contribution < -0.4 is 0 Å². The summed E-state index contributed by atoms with van der Waals surface area (Å²) in [5.74, 6) is 0. The predicted octanol–water partition coefficient (Wildman–Crippen LogP) is 11.7. The topological polar surface area (TPSA) is 25.8 Å². The normalized spacial score (nSPS) is 11.4. The number of fused-ring (bicyclic) bond motifs is 3. The van der Waals surface area contributed by atoms with Crippen LogP contribution in [-0.4, -0.2) is 9.97 Å². The minimum absolute atomic E-state index is 0.942. The fourth-order valence-electron chi connectivity index (χ4n) is 6.78. The summed E-state index contributed by atoms with van der Waals surface area (Å²) < 4.78 is 0. The maximum absolute atomic E-state index is 5.50. The SMILES string of the molecule is CCc1ccc(-c2cc(-c3ccccc3)c3ccc4c(-c5ccccc5)cc(-c5ccc(CC)cc5CC)nc4c3n2)c(CC)c1. The van der Waals surface area contributed by atoms with Gasteiger partial charge in [0.05, 0.1) is 22.4 Å². The average Bonchev–Trinajstić information content (AvgIpc) is 3.13. The van der Waals surface area contributed by atoms with Crippen molar-refractivity contribution in [3.05, 3.63) is 144 Å². The maximum atomic E-state index is 5.50. The second-order valence-electron chi connectivity index (χ2n) is 12.1. The number of hydrogen-bond acceptors (Lipinski definition) is 2. The number of hydrogen-bond donors (Lipinski definition) is 0. The molecule has 7 aromatic rings. The van der Waals surface area contributed by atoms with E-state index in [9.17, 15) is 0 Å². The third-order valence-corrected chi connectivity index (χ3v) is 9.40. The summed E-state index contributed by atoms with van der Waals surface area (Å²) in [5.41, 5.74) is 16.3. The Morgan fingerprint density at radius 2 is 0.804 bits per heavy atom. The molecule has 0 aliphatic carbocycles. The summed E-state index contributed by atoms with van der Waals surface area (Å²) in [6.45, 7) is 8.91. The van der Waals surface area contributed by atoms with Crippen LogP contribution in [0.3, 0.4) is 0 Å². The molecular weight excluding hydrogens is 556 g/mol. The Labute approximate surface area is 272 Å². The van der Waals surface area contributed by atoms with Gasteiger partial charge in [-0.15, -0.1) is 0 Å². The number of nitrogens with zero attached hydrogens (tertiary/aromatic N) is 2. The molecular formula is C44H40N2. The lowest BCUT2D eigenvalue weighted by Gasteiger charge is -2.17. The minimum atomic E-state index is 0.942. The van der Waals surface area contributed by atoms with Crippen LogP contribution in [0.15, 0.2) is 121 Å². The van der Waals surface area contributed by atoms with E-state index in [2.05, 4.69) is 149 Å². The molecule has 0 N–H and O–H groups in total. The Bertz CT molecular complexity index is 2020. The van der Waals surface area contributed by atoms with Gasteiger partial charge in [-0.3, -0.25) is 0 Å². The van der Waals surface area contributed by atoms with Gasteiger partial charge in [0.2, 0.25) is 0 Å². The molecule has 0 fully saturated rings. The van der Waals surface area contributed by atoms with Crippen molar-refractivity contribution in [1.29, 1.82) is 0 Å². The van der Waals surface area contributed by atoms with E-state index in [1.165, 1.54) is 55.6 Å². The van der Waals surface area contributed by atoms with Crippen molar-refractivity contribution in [2.24, 2.45) is 0 Å². The van der Waals surface area contributed by atoms with E-state index in [0.717, 1.165) is 58.9 Å². The molecule has 5 aromatic carbocycles. The Hall–Kier alpha value is -5.08. The fourth-order valence-corrected chi connectivity index (χ4v) is 6.78. The fraction of sp³-hybridized carbons (Fsp3) is 0.182. The zero-order valence-corrected chi connectivity index (χ0v) is 27.3. The highest BCUT2D eigenvalue weighted by Crippen LogP contribution is 2.40. The molecule has 0 saturated carbocycles. The van der Waals surface area contributed by atoms with Gasteiger partial charge in [-0.25, -0.2) is 9.97 Å². The van der Waals surface area contributed by atoms with Gasteiger partial charge in [0.15, 0.2) is 0 Å². The Morgan fingerprint density at radius 3 is 1.17 bits per heavy atom. The van der Waals surface area contributed by atoms with Crippen molar-refractivity contribution in [1.82, 2.24) is 9.97 Å². The number of rotatable bonds is 8. The van der Waals surface area contributed by atoms with Crippen LogP contribution in [0.2, 0.25) is 0 Å². The molecule has 2 nitrogen and oxygen atoms in total. The van der Waals surface area contributed by atoms with E-state index in [1.54, 1.807) is 0 Å². The summed E-state index contributed by atoms with van der Waals surface area (Å²) in [7, 11) is 0. The second kappa shape index (κ2) is 12.7. The van der Waals surface area contributed by atoms with Crippen molar-refractivity contribution in [3.8, 4) is 44.8 Å². The first-order valence-corrected chi connectivity index (χ1v) is 16.7. The van der Waals surface area contributed by atoms with Gasteiger partial charge in [-0.2, -0.15) is 0 Å². The quantitative estimate of drug-likeness (QED) is 0.163. The summed E-state index contributed by atoms with van der Waals surface area (Å²) >= 11 is 0. The number of aromatic nitrogens is 2. The van der Waals surface area contributed by atoms with E-state index in [4.69, 9.17) is 9.97 Å². The van der Waals surface area contributed by atoms with Crippen LogP contribution >= 0.6 is 0 Å². The van der Waals surface area contributed by atoms with Gasteiger partial charge in [0.25, 0.3) is 0 Å². The second-order valence-corrected chi connectivity index (χ2v) is 12.1. The molecule has 0 unspecified atom stereocenters. The maximum Gasteiger partial charge on any atom is 0.0978 e. The lowest BCUT2D eigenvalue weighted by atomic mass is 9.91. The van der Waals surface area contributed by atoms with E-state index in [0.29, 0.717) is 0 Å². The molecule has 2 heteroatoms. The molecule has 2 heterocycles. The number of aryl methyl sites for hydroxylation is 4. The first-order valence-electron chi connectivity index (χ1n) is 16.7. The van der Waals surface area contributed by atoms with E-state index in [-0.39, 0.29) is 0 Å². The highest BCUT2D eigenvalue weighted by molar-refractivity contribution is 6.13. The predicted molar refractivity (Wildman–Crippen MR) is 196 cm³/mol. The molecule has 0 saturated heterocycles. The van der Waals surface area contributed by atoms with Crippen molar-refractivity contribution in [2.75, 3.05) is 0 Å². The molecule has 226 valence electrons. The van der Waals surface area contributed by atoms with Crippen LogP contribution in [-0.2, 0) is 25.7 Å². The van der Waals surface area contributed by atoms with Crippen molar-refractivity contribution in [2.45, 2.75) is 53.4 Å². The summed E-state index contributed by atoms with van der Waals surface area (Å²) in [6, 6.07) is 44.2. The highest BCUT2D eigenvalue weighted by atomic mass is 14.8. The Balaban J connectivity index is 1.60. The minimum Gasteiger partial charge on any atom is -0.245 e. The highest BCUT2D eigenvalue weighted by Gasteiger charge is 2.19. The molecule has 46 heavy (non-hydrogen) atoms. The Kier molecular flexibility index (Phi) is 8.20. The van der Waals surface area contributed by atoms with Gasteiger partial charge < -0.3 is 0 Å². The van der Waals surface area contributed by atoms with Crippen molar-refractivity contribution in [3.63, 3.8) is 0 Å². The standard InChI is InChI=1S/C44H40N2/c1-5-29-19-21-35(31(7-3)25-29)41-27-39(33-15-11-9-12-16-33)37-23-24-38-40(34-17-13-10-14-18-34)28-42(46-44(38)43(37)45-41)36-22-20-30(6-2)26-32(36)8-4/h9-28H,5-8H2,1-4H3. The number of pyridine rings is 2. The number of benzene rings is 5. The van der Waals surface area contributed by atoms with Gasteiger partial charge >= 0.3 is 0 Å². The van der Waals surface area contributed by atoms with Gasteiger partial charge in [-0.05, 0) is 82.3 Å². The van der Waals surface area contributed by atoms with E-state index < -0.39 is 0 Å². The third kappa shape index (κ3) is 5.39. The van der Waals surface area contributed by atoms with E-state index >= 15 is 0 Å². The largest absolute Gasteiger partial charge is 0.245 e. The average molecular weight is 597 g/mol. The van der Waals surface area contributed by atoms with Crippen molar-refractivity contribution >= 4 is 21.8 Å². The zero-order chi connectivity index (χ0) is 31.6. The molecule has 2 aromatic heterocycles. The first kappa shape index (κ1) is 29.6. The van der Waals surface area contributed by atoms with Crippen LogP contribution in [0.5, 0.6) is 0 Å². The summed E-state index contributed by atoms with van der Waals surface area (Å²) in [6.07, 6.45) is 3.94. The summed E-state index contributed by atoms with van der Waals surface area (Å²) in [4.78, 5) is 11.0. The summed E-state index contributed by atoms with van der Waals surface area (Å²) in [5, 5.41) is 2.23. The molecule has 0 amide bonds. The lowest BCUT2D eigenvalue weighted by Crippen LogP contribution is -1.98. The molecule has 0 atom stereocenters. The molecule has 0 spiro atoms. The van der Waals surface area contributed by atoms with Gasteiger partial charge in [0, 0.05) is 21.9 Å². The third-order valence-electron chi connectivity index (χ3n) is 9.40. The first-order chi connectivity index (χ1) is 22.6. The zero-order valence-electron chi connectivity index (χ0n) is 27.3. The van der Waals surface area contributed by atoms with Crippen LogP contribution in [0.25, 0.3) is 66.6 Å². The van der Waals surface area contributed by atoms with E-state index in [1.807, 2.05) is 0 Å². The Morgan fingerprint density at radius 1 is 0.391 bits per heavy atom. The van der Waals surface area contributed by atoms with Crippen LogP contribution in [0.1, 0.15) is 49.9 Å². The molecule has 0 aliphatic heterocycles. The van der Waals surface area contributed by atoms with Crippen LogP contribution in [0, 0.1) is 0 Å². The lowest BCUT2D eigenvalue weighted by molar-refractivity contribution is 1.09. The molecule has 0 bridgehead atoms. The van der Waals surface area contributed by atoms with Crippen molar-refractivity contribution < 1.29 is 0 Å². The van der Waals surface area contributed by atoms with Gasteiger partial charge in [0.1, 0.15) is 0 Å². The monoisotopic (exact) mass is 596 g/mol. The molecule has 0 aliphatic rings. The van der Waals surface area contributed by atoms with Gasteiger partial charge in [-0.1, -0.05) is 137 Å². The molecule has 7 rings (SSSR count). The smallest absolute Gasteiger partial charge is 0.0978 e. The molecule has 0 radical (unpaired) electrons.